The van der Waals surface area contributed by atoms with E-state index in [1.807, 2.05) is 24.3 Å². The van der Waals surface area contributed by atoms with E-state index >= 15 is 0 Å². The van der Waals surface area contributed by atoms with Crippen molar-refractivity contribution in [2.75, 3.05) is 0 Å². The molecule has 0 radical (unpaired) electrons. The molecule has 0 aromatic heterocycles. The molecule has 0 saturated carbocycles. The number of hydrogen-bond acceptors (Lipinski definition) is 0. The number of hydrogen-bond donors (Lipinski definition) is 0. The third-order valence-electron chi connectivity index (χ3n) is 4.29. The number of rotatable bonds is 5. The second-order valence-electron chi connectivity index (χ2n) is 6.12. The van der Waals surface area contributed by atoms with E-state index in [1.54, 1.807) is 0 Å². The van der Waals surface area contributed by atoms with Gasteiger partial charge < -0.3 is 0 Å². The smallest absolute Gasteiger partial charge is 0.0626 e. The van der Waals surface area contributed by atoms with E-state index in [1.165, 1.54) is 5.56 Å². The fourth-order valence-corrected chi connectivity index (χ4v) is 2.85. The van der Waals surface area contributed by atoms with Gasteiger partial charge in [0, 0.05) is 5.02 Å². The zero-order valence-corrected chi connectivity index (χ0v) is 14.4. The number of benzene rings is 2. The topological polar surface area (TPSA) is 0 Å². The quantitative estimate of drug-likeness (QED) is 0.548. The Kier molecular flexibility index (Phi) is 5.35. The van der Waals surface area contributed by atoms with Crippen LogP contribution in [-0.4, -0.2) is 0 Å². The Labute approximate surface area is 138 Å². The van der Waals surface area contributed by atoms with Crippen molar-refractivity contribution in [2.45, 2.75) is 44.4 Å². The molecule has 112 valence electrons. The van der Waals surface area contributed by atoms with Crippen molar-refractivity contribution in [1.82, 2.24) is 0 Å². The minimum atomic E-state index is -0.0521. The second-order valence-corrected chi connectivity index (χ2v) is 7.06. The van der Waals surface area contributed by atoms with Gasteiger partial charge in [0.25, 0.3) is 0 Å². The lowest BCUT2D eigenvalue weighted by Gasteiger charge is -2.24. The Balaban J connectivity index is 2.14. The summed E-state index contributed by atoms with van der Waals surface area (Å²) in [6.45, 7) is 6.75. The molecule has 0 nitrogen and oxygen atoms in total. The molecule has 0 N–H and O–H groups in total. The molecule has 21 heavy (non-hydrogen) atoms. The van der Waals surface area contributed by atoms with Gasteiger partial charge in [0.2, 0.25) is 0 Å². The summed E-state index contributed by atoms with van der Waals surface area (Å²) in [4.78, 5) is 0. The van der Waals surface area contributed by atoms with Crippen LogP contribution in [-0.2, 0) is 11.8 Å². The molecular formula is C19H22Cl2. The standard InChI is InChI=1S/C19H22Cl2/c1-4-19(2,3)16-11-9-14(10-12-16)18(21)13-15-7-5-6-8-17(15)20/h5-12,18H,4,13H2,1-3H3. The van der Waals surface area contributed by atoms with E-state index in [0.29, 0.717) is 0 Å². The Morgan fingerprint density at radius 2 is 1.62 bits per heavy atom. The molecule has 0 heterocycles. The van der Waals surface area contributed by atoms with E-state index in [-0.39, 0.29) is 10.8 Å². The minimum absolute atomic E-state index is 0.0521. The lowest BCUT2D eigenvalue weighted by atomic mass is 9.82. The molecule has 2 rings (SSSR count). The molecule has 2 heteroatoms. The summed E-state index contributed by atoms with van der Waals surface area (Å²) in [5.74, 6) is 0. The zero-order chi connectivity index (χ0) is 15.5. The zero-order valence-electron chi connectivity index (χ0n) is 12.9. The van der Waals surface area contributed by atoms with E-state index in [0.717, 1.165) is 29.0 Å². The Morgan fingerprint density at radius 1 is 1.00 bits per heavy atom. The normalized spacial score (nSPS) is 13.2. The summed E-state index contributed by atoms with van der Waals surface area (Å²) >= 11 is 12.8. The van der Waals surface area contributed by atoms with Gasteiger partial charge in [0.15, 0.2) is 0 Å². The SMILES string of the molecule is CCC(C)(C)c1ccc(C(Cl)Cc2ccccc2Cl)cc1. The van der Waals surface area contributed by atoms with Crippen molar-refractivity contribution in [3.05, 3.63) is 70.2 Å². The third-order valence-corrected chi connectivity index (χ3v) is 5.07. The molecule has 0 amide bonds. The average Bonchev–Trinajstić information content (AvgIpc) is 2.49. The fraction of sp³-hybridized carbons (Fsp3) is 0.368. The van der Waals surface area contributed by atoms with Crippen LogP contribution in [0, 0.1) is 0 Å². The summed E-state index contributed by atoms with van der Waals surface area (Å²) in [6.07, 6.45) is 1.87. The maximum absolute atomic E-state index is 6.55. The Hall–Kier alpha value is -0.980. The van der Waals surface area contributed by atoms with Gasteiger partial charge in [-0.05, 0) is 41.0 Å². The molecule has 0 aliphatic carbocycles. The monoisotopic (exact) mass is 320 g/mol. The van der Waals surface area contributed by atoms with Crippen molar-refractivity contribution in [3.8, 4) is 0 Å². The van der Waals surface area contributed by atoms with Gasteiger partial charge in [-0.2, -0.15) is 0 Å². The molecule has 2 aromatic rings. The van der Waals surface area contributed by atoms with Crippen LogP contribution in [0.1, 0.15) is 49.3 Å². The van der Waals surface area contributed by atoms with Crippen LogP contribution >= 0.6 is 23.2 Å². The first kappa shape index (κ1) is 16.4. The van der Waals surface area contributed by atoms with Crippen LogP contribution in [0.25, 0.3) is 0 Å². The number of halogens is 2. The summed E-state index contributed by atoms with van der Waals surface area (Å²) in [5, 5.41) is 0.732. The van der Waals surface area contributed by atoms with Crippen LogP contribution < -0.4 is 0 Å². The molecule has 0 saturated heterocycles. The molecule has 2 aromatic carbocycles. The molecule has 0 aliphatic heterocycles. The summed E-state index contributed by atoms with van der Waals surface area (Å²) in [5.41, 5.74) is 3.81. The number of alkyl halides is 1. The van der Waals surface area contributed by atoms with Gasteiger partial charge in [0.1, 0.15) is 0 Å². The molecule has 0 aliphatic rings. The highest BCUT2D eigenvalue weighted by Gasteiger charge is 2.18. The van der Waals surface area contributed by atoms with Crippen molar-refractivity contribution < 1.29 is 0 Å². The maximum atomic E-state index is 6.55. The second kappa shape index (κ2) is 6.85. The third kappa shape index (κ3) is 4.02. The molecule has 1 unspecified atom stereocenters. The van der Waals surface area contributed by atoms with Crippen LogP contribution in [0.2, 0.25) is 5.02 Å². The van der Waals surface area contributed by atoms with Gasteiger partial charge in [0.05, 0.1) is 5.38 Å². The highest BCUT2D eigenvalue weighted by atomic mass is 35.5. The van der Waals surface area contributed by atoms with E-state index in [9.17, 15) is 0 Å². The van der Waals surface area contributed by atoms with Gasteiger partial charge in [-0.1, -0.05) is 74.8 Å². The predicted molar refractivity (Wildman–Crippen MR) is 93.5 cm³/mol. The maximum Gasteiger partial charge on any atom is 0.0626 e. The molecule has 1 atom stereocenters. The molecule has 0 spiro atoms. The predicted octanol–water partition coefficient (Wildman–Crippen LogP) is 6.55. The van der Waals surface area contributed by atoms with Crippen molar-refractivity contribution in [3.63, 3.8) is 0 Å². The summed E-state index contributed by atoms with van der Waals surface area (Å²) in [7, 11) is 0. The average molecular weight is 321 g/mol. The van der Waals surface area contributed by atoms with E-state index in [4.69, 9.17) is 23.2 Å². The lowest BCUT2D eigenvalue weighted by Crippen LogP contribution is -2.15. The molecule has 0 bridgehead atoms. The van der Waals surface area contributed by atoms with Gasteiger partial charge in [-0.3, -0.25) is 0 Å². The van der Waals surface area contributed by atoms with E-state index in [2.05, 4.69) is 45.0 Å². The molecule has 0 fully saturated rings. The van der Waals surface area contributed by atoms with Crippen LogP contribution in [0.5, 0.6) is 0 Å². The minimum Gasteiger partial charge on any atom is -0.117 e. The largest absolute Gasteiger partial charge is 0.117 e. The highest BCUT2D eigenvalue weighted by molar-refractivity contribution is 6.31. The fourth-order valence-electron chi connectivity index (χ4n) is 2.32. The first-order valence-corrected chi connectivity index (χ1v) is 8.23. The van der Waals surface area contributed by atoms with Crippen molar-refractivity contribution in [1.29, 1.82) is 0 Å². The summed E-state index contributed by atoms with van der Waals surface area (Å²) < 4.78 is 0. The van der Waals surface area contributed by atoms with Gasteiger partial charge >= 0.3 is 0 Å². The first-order valence-electron chi connectivity index (χ1n) is 7.42. The molecular weight excluding hydrogens is 299 g/mol. The Morgan fingerprint density at radius 3 is 2.19 bits per heavy atom. The first-order chi connectivity index (χ1) is 9.94. The van der Waals surface area contributed by atoms with Crippen LogP contribution in [0.3, 0.4) is 0 Å². The lowest BCUT2D eigenvalue weighted by molar-refractivity contribution is 0.506. The van der Waals surface area contributed by atoms with E-state index < -0.39 is 0 Å². The van der Waals surface area contributed by atoms with Gasteiger partial charge in [-0.15, -0.1) is 11.6 Å². The van der Waals surface area contributed by atoms with Crippen molar-refractivity contribution in [2.24, 2.45) is 0 Å². The van der Waals surface area contributed by atoms with Crippen molar-refractivity contribution >= 4 is 23.2 Å². The van der Waals surface area contributed by atoms with Gasteiger partial charge in [-0.25, -0.2) is 0 Å². The van der Waals surface area contributed by atoms with Crippen LogP contribution in [0.15, 0.2) is 48.5 Å². The van der Waals surface area contributed by atoms with Crippen LogP contribution in [0.4, 0.5) is 0 Å². The highest BCUT2D eigenvalue weighted by Crippen LogP contribution is 2.31. The Bertz CT molecular complexity index is 585. The summed E-state index contributed by atoms with van der Waals surface area (Å²) in [6, 6.07) is 16.6.